The van der Waals surface area contributed by atoms with Crippen LogP contribution in [0.15, 0.2) is 12.1 Å². The number of benzene rings is 1. The Kier molecular flexibility index (Phi) is 4.77. The van der Waals surface area contributed by atoms with Crippen molar-refractivity contribution < 1.29 is 18.8 Å². The maximum Gasteiger partial charge on any atom is 0.275 e. The number of rotatable bonds is 6. The lowest BCUT2D eigenvalue weighted by molar-refractivity contribution is -0.385. The Balaban J connectivity index is 2.94. The number of nitro benzene ring substituents is 1. The summed E-state index contributed by atoms with van der Waals surface area (Å²) in [5, 5.41) is 22.9. The minimum absolute atomic E-state index is 0.0361. The summed E-state index contributed by atoms with van der Waals surface area (Å²) >= 11 is 0. The van der Waals surface area contributed by atoms with Gasteiger partial charge in [-0.3, -0.25) is 10.1 Å². The molecule has 0 spiro atoms. The lowest BCUT2D eigenvalue weighted by atomic mass is 9.97. The molecule has 0 aliphatic rings. The van der Waals surface area contributed by atoms with Gasteiger partial charge in [-0.1, -0.05) is 13.8 Å². The smallest absolute Gasteiger partial charge is 0.275 e. The summed E-state index contributed by atoms with van der Waals surface area (Å²) in [5.74, 6) is -2.11. The van der Waals surface area contributed by atoms with E-state index in [2.05, 4.69) is 5.32 Å². The van der Waals surface area contributed by atoms with Crippen LogP contribution in [-0.2, 0) is 0 Å². The number of non-ortho nitro benzene ring substituents is 1. The first-order valence-electron chi connectivity index (χ1n) is 5.92. The predicted molar refractivity (Wildman–Crippen MR) is 67.0 cm³/mol. The molecule has 1 aromatic rings. The molecule has 7 heteroatoms. The van der Waals surface area contributed by atoms with Crippen LogP contribution in [0.5, 0.6) is 0 Å². The van der Waals surface area contributed by atoms with E-state index >= 15 is 0 Å². The zero-order valence-electron chi connectivity index (χ0n) is 10.7. The van der Waals surface area contributed by atoms with Crippen LogP contribution in [0, 0.1) is 21.7 Å². The molecule has 19 heavy (non-hydrogen) atoms. The molecule has 0 fully saturated rings. The van der Waals surface area contributed by atoms with Crippen molar-refractivity contribution >= 4 is 11.4 Å². The Hall–Kier alpha value is -1.76. The predicted octanol–water partition coefficient (Wildman–Crippen LogP) is 2.84. The summed E-state index contributed by atoms with van der Waals surface area (Å²) in [6, 6.07) is 1.28. The van der Waals surface area contributed by atoms with Gasteiger partial charge in [0, 0.05) is 6.54 Å². The van der Waals surface area contributed by atoms with Crippen molar-refractivity contribution in [2.24, 2.45) is 0 Å². The standard InChI is InChI=1S/C12H16F2N2O3/c1-3-12(17,4-2)7-15-11-9(13)5-8(16(18)19)6-10(11)14/h5-6,15,17H,3-4,7H2,1-2H3. The Bertz CT molecular complexity index is 453. The molecule has 0 saturated carbocycles. The number of hydrogen-bond donors (Lipinski definition) is 2. The van der Waals surface area contributed by atoms with Crippen molar-refractivity contribution in [3.05, 3.63) is 33.9 Å². The molecule has 0 heterocycles. The summed E-state index contributed by atoms with van der Waals surface area (Å²) in [5.41, 5.74) is -2.19. The third-order valence-corrected chi connectivity index (χ3v) is 3.15. The van der Waals surface area contributed by atoms with Crippen molar-refractivity contribution in [2.45, 2.75) is 32.3 Å². The molecule has 0 bridgehead atoms. The van der Waals surface area contributed by atoms with Gasteiger partial charge in [0.25, 0.3) is 5.69 Å². The van der Waals surface area contributed by atoms with E-state index in [1.54, 1.807) is 13.8 Å². The summed E-state index contributed by atoms with van der Waals surface area (Å²) in [7, 11) is 0. The highest BCUT2D eigenvalue weighted by molar-refractivity contribution is 5.51. The highest BCUT2D eigenvalue weighted by Gasteiger charge is 2.24. The van der Waals surface area contributed by atoms with E-state index in [0.29, 0.717) is 25.0 Å². The molecule has 2 N–H and O–H groups in total. The molecule has 0 saturated heterocycles. The number of halogens is 2. The zero-order chi connectivity index (χ0) is 14.6. The van der Waals surface area contributed by atoms with Crippen LogP contribution in [0.2, 0.25) is 0 Å². The quantitative estimate of drug-likeness (QED) is 0.618. The maximum absolute atomic E-state index is 13.6. The molecule has 0 unspecified atom stereocenters. The molecule has 1 rings (SSSR count). The van der Waals surface area contributed by atoms with Gasteiger partial charge in [0.2, 0.25) is 0 Å². The zero-order valence-corrected chi connectivity index (χ0v) is 10.7. The first kappa shape index (κ1) is 15.3. The Morgan fingerprint density at radius 2 is 1.79 bits per heavy atom. The fourth-order valence-electron chi connectivity index (χ4n) is 1.59. The van der Waals surface area contributed by atoms with Gasteiger partial charge < -0.3 is 10.4 Å². The van der Waals surface area contributed by atoms with Crippen molar-refractivity contribution in [1.29, 1.82) is 0 Å². The van der Waals surface area contributed by atoms with Gasteiger partial charge in [0.15, 0.2) is 11.6 Å². The molecule has 0 aliphatic carbocycles. The normalized spacial score (nSPS) is 11.4. The van der Waals surface area contributed by atoms with Gasteiger partial charge in [0.05, 0.1) is 22.7 Å². The van der Waals surface area contributed by atoms with Crippen LogP contribution >= 0.6 is 0 Å². The molecule has 0 aliphatic heterocycles. The van der Waals surface area contributed by atoms with Crippen LogP contribution in [0.25, 0.3) is 0 Å². The average Bonchev–Trinajstić information content (AvgIpc) is 2.37. The first-order valence-corrected chi connectivity index (χ1v) is 5.92. The third-order valence-electron chi connectivity index (χ3n) is 3.15. The molecule has 0 aromatic heterocycles. The highest BCUT2D eigenvalue weighted by Crippen LogP contribution is 2.26. The lowest BCUT2D eigenvalue weighted by Crippen LogP contribution is -2.35. The van der Waals surface area contributed by atoms with E-state index in [1.165, 1.54) is 0 Å². The molecule has 5 nitrogen and oxygen atoms in total. The average molecular weight is 274 g/mol. The second-order valence-electron chi connectivity index (χ2n) is 4.33. The number of nitrogens with one attached hydrogen (secondary N) is 1. The monoisotopic (exact) mass is 274 g/mol. The summed E-state index contributed by atoms with van der Waals surface area (Å²) in [4.78, 5) is 9.57. The Morgan fingerprint density at radius 3 is 2.16 bits per heavy atom. The fourth-order valence-corrected chi connectivity index (χ4v) is 1.59. The third kappa shape index (κ3) is 3.60. The Labute approximate surface area is 109 Å². The summed E-state index contributed by atoms with van der Waals surface area (Å²) in [6.07, 6.45) is 0.847. The first-order chi connectivity index (χ1) is 8.83. The molecule has 0 atom stereocenters. The fraction of sp³-hybridized carbons (Fsp3) is 0.500. The topological polar surface area (TPSA) is 75.4 Å². The number of hydrogen-bond acceptors (Lipinski definition) is 4. The Morgan fingerprint density at radius 1 is 1.32 bits per heavy atom. The molecular formula is C12H16F2N2O3. The molecule has 0 radical (unpaired) electrons. The van der Waals surface area contributed by atoms with Crippen LogP contribution in [0.3, 0.4) is 0 Å². The SMILES string of the molecule is CCC(O)(CC)CNc1c(F)cc([N+](=O)[O-])cc1F. The summed E-state index contributed by atoms with van der Waals surface area (Å²) < 4.78 is 27.1. The number of nitrogens with zero attached hydrogens (tertiary/aromatic N) is 1. The molecule has 0 amide bonds. The van der Waals surface area contributed by atoms with Gasteiger partial charge >= 0.3 is 0 Å². The second-order valence-corrected chi connectivity index (χ2v) is 4.33. The molecule has 1 aromatic carbocycles. The number of aliphatic hydroxyl groups is 1. The van der Waals surface area contributed by atoms with Crippen molar-refractivity contribution in [1.82, 2.24) is 0 Å². The van der Waals surface area contributed by atoms with Crippen LogP contribution in [0.1, 0.15) is 26.7 Å². The van der Waals surface area contributed by atoms with E-state index in [-0.39, 0.29) is 6.54 Å². The lowest BCUT2D eigenvalue weighted by Gasteiger charge is -2.26. The number of anilines is 1. The minimum atomic E-state index is -1.07. The van der Waals surface area contributed by atoms with Crippen molar-refractivity contribution in [3.8, 4) is 0 Å². The van der Waals surface area contributed by atoms with Gasteiger partial charge in [-0.05, 0) is 12.8 Å². The van der Waals surface area contributed by atoms with E-state index in [1.807, 2.05) is 0 Å². The second kappa shape index (κ2) is 5.92. The largest absolute Gasteiger partial charge is 0.388 e. The van der Waals surface area contributed by atoms with Crippen molar-refractivity contribution in [3.63, 3.8) is 0 Å². The molecule has 106 valence electrons. The van der Waals surface area contributed by atoms with Crippen LogP contribution in [0.4, 0.5) is 20.2 Å². The molecular weight excluding hydrogens is 258 g/mol. The van der Waals surface area contributed by atoms with E-state index < -0.39 is 33.5 Å². The number of nitro groups is 1. The minimum Gasteiger partial charge on any atom is -0.388 e. The van der Waals surface area contributed by atoms with Gasteiger partial charge in [-0.25, -0.2) is 8.78 Å². The maximum atomic E-state index is 13.6. The van der Waals surface area contributed by atoms with Gasteiger partial charge in [-0.2, -0.15) is 0 Å². The van der Waals surface area contributed by atoms with Crippen molar-refractivity contribution in [2.75, 3.05) is 11.9 Å². The van der Waals surface area contributed by atoms with Gasteiger partial charge in [0.1, 0.15) is 5.69 Å². The van der Waals surface area contributed by atoms with E-state index in [9.17, 15) is 24.0 Å². The van der Waals surface area contributed by atoms with Crippen LogP contribution in [-0.4, -0.2) is 22.2 Å². The summed E-state index contributed by atoms with van der Waals surface area (Å²) in [6.45, 7) is 3.48. The van der Waals surface area contributed by atoms with E-state index in [0.717, 1.165) is 0 Å². The van der Waals surface area contributed by atoms with E-state index in [4.69, 9.17) is 0 Å². The van der Waals surface area contributed by atoms with Gasteiger partial charge in [-0.15, -0.1) is 0 Å². The highest BCUT2D eigenvalue weighted by atomic mass is 19.1. The van der Waals surface area contributed by atoms with Crippen LogP contribution < -0.4 is 5.32 Å².